The van der Waals surface area contributed by atoms with Crippen molar-refractivity contribution in [3.63, 3.8) is 0 Å². The summed E-state index contributed by atoms with van der Waals surface area (Å²) in [5.74, 6) is 0. The Balaban J connectivity index is 2.22. The van der Waals surface area contributed by atoms with Gasteiger partial charge in [0.05, 0.1) is 12.7 Å². The molecule has 1 aromatic heterocycles. The summed E-state index contributed by atoms with van der Waals surface area (Å²) in [6.07, 6.45) is 3.29. The van der Waals surface area contributed by atoms with Crippen molar-refractivity contribution in [3.8, 4) is 0 Å². The maximum atomic E-state index is 12.7. The molecule has 0 amide bonds. The molecule has 1 aliphatic heterocycles. The van der Waals surface area contributed by atoms with E-state index in [1.165, 1.54) is 4.31 Å². The lowest BCUT2D eigenvalue weighted by atomic mass is 10.1. The lowest BCUT2D eigenvalue weighted by molar-refractivity contribution is 0.0265. The van der Waals surface area contributed by atoms with E-state index >= 15 is 0 Å². The van der Waals surface area contributed by atoms with Gasteiger partial charge < -0.3 is 14.4 Å². The van der Waals surface area contributed by atoms with E-state index < -0.39 is 10.0 Å². The van der Waals surface area contributed by atoms with Crippen LogP contribution in [0.25, 0.3) is 0 Å². The van der Waals surface area contributed by atoms with E-state index in [2.05, 4.69) is 0 Å². The molecule has 1 atom stereocenters. The zero-order chi connectivity index (χ0) is 15.5. The molecule has 0 aliphatic carbocycles. The number of hydrogen-bond donors (Lipinski definition) is 1. The number of sulfonamides is 1. The van der Waals surface area contributed by atoms with Gasteiger partial charge in [-0.25, -0.2) is 8.42 Å². The van der Waals surface area contributed by atoms with Crippen LogP contribution in [0.3, 0.4) is 0 Å². The number of piperidine rings is 1. The molecule has 1 aliphatic rings. The van der Waals surface area contributed by atoms with Crippen molar-refractivity contribution in [3.05, 3.63) is 18.0 Å². The van der Waals surface area contributed by atoms with Gasteiger partial charge in [0.2, 0.25) is 10.0 Å². The Morgan fingerprint density at radius 2 is 2.19 bits per heavy atom. The summed E-state index contributed by atoms with van der Waals surface area (Å²) in [6.45, 7) is 5.83. The molecule has 21 heavy (non-hydrogen) atoms. The first-order valence-corrected chi connectivity index (χ1v) is 8.88. The summed E-state index contributed by atoms with van der Waals surface area (Å²) >= 11 is 0. The second kappa shape index (κ2) is 6.91. The highest BCUT2D eigenvalue weighted by Crippen LogP contribution is 2.24. The first-order valence-electron chi connectivity index (χ1n) is 7.44. The van der Waals surface area contributed by atoms with Crippen molar-refractivity contribution in [1.82, 2.24) is 8.87 Å². The first-order chi connectivity index (χ1) is 10.0. The molecule has 1 N–H and O–H groups in total. The van der Waals surface area contributed by atoms with E-state index in [0.29, 0.717) is 31.9 Å². The Morgan fingerprint density at radius 1 is 1.43 bits per heavy atom. The average molecular weight is 316 g/mol. The van der Waals surface area contributed by atoms with Gasteiger partial charge in [0.25, 0.3) is 0 Å². The molecule has 0 saturated carbocycles. The summed E-state index contributed by atoms with van der Waals surface area (Å²) in [4.78, 5) is 0.255. The smallest absolute Gasteiger partial charge is 0.244 e. The summed E-state index contributed by atoms with van der Waals surface area (Å²) in [5, 5.41) is 9.30. The third kappa shape index (κ3) is 3.48. The van der Waals surface area contributed by atoms with E-state index in [-0.39, 0.29) is 17.6 Å². The number of nitrogens with zero attached hydrogens (tertiary/aromatic N) is 2. The maximum Gasteiger partial charge on any atom is 0.244 e. The van der Waals surface area contributed by atoms with Gasteiger partial charge >= 0.3 is 0 Å². The molecule has 1 saturated heterocycles. The monoisotopic (exact) mass is 316 g/mol. The van der Waals surface area contributed by atoms with Gasteiger partial charge in [-0.3, -0.25) is 0 Å². The maximum absolute atomic E-state index is 12.7. The summed E-state index contributed by atoms with van der Waals surface area (Å²) in [6, 6.07) is 1.56. The zero-order valence-corrected chi connectivity index (χ0v) is 13.5. The largest absolute Gasteiger partial charge is 0.390 e. The van der Waals surface area contributed by atoms with E-state index in [1.54, 1.807) is 16.8 Å². The standard InChI is InChI=1S/C14H24N2O4S/c1-3-15-10-14(8-12(15)11-17)21(18,19)16-7-5-6-13(9-16)20-4-2/h8,10,13,17H,3-7,9,11H2,1-2H3. The Kier molecular flexibility index (Phi) is 5.43. The van der Waals surface area contributed by atoms with Crippen molar-refractivity contribution >= 4 is 10.0 Å². The number of aryl methyl sites for hydroxylation is 1. The highest BCUT2D eigenvalue weighted by Gasteiger charge is 2.31. The number of rotatable bonds is 6. The van der Waals surface area contributed by atoms with Crippen LogP contribution < -0.4 is 0 Å². The van der Waals surface area contributed by atoms with Gasteiger partial charge in [0, 0.05) is 38.1 Å². The summed E-state index contributed by atoms with van der Waals surface area (Å²) in [7, 11) is -3.51. The third-order valence-corrected chi connectivity index (χ3v) is 5.68. The highest BCUT2D eigenvalue weighted by atomic mass is 32.2. The normalized spacial score (nSPS) is 20.8. The van der Waals surface area contributed by atoms with Crippen LogP contribution in [0.4, 0.5) is 0 Å². The van der Waals surface area contributed by atoms with Gasteiger partial charge in [0.15, 0.2) is 0 Å². The zero-order valence-electron chi connectivity index (χ0n) is 12.7. The molecular formula is C14H24N2O4S. The quantitative estimate of drug-likeness (QED) is 0.856. The molecule has 1 aromatic rings. The van der Waals surface area contributed by atoms with Gasteiger partial charge in [-0.05, 0) is 32.8 Å². The average Bonchev–Trinajstić information content (AvgIpc) is 2.92. The minimum absolute atomic E-state index is 0.0240. The Morgan fingerprint density at radius 3 is 2.76 bits per heavy atom. The third-order valence-electron chi connectivity index (χ3n) is 3.84. The molecule has 2 rings (SSSR count). The minimum atomic E-state index is -3.51. The van der Waals surface area contributed by atoms with E-state index in [9.17, 15) is 13.5 Å². The van der Waals surface area contributed by atoms with Crippen LogP contribution in [0.1, 0.15) is 32.4 Å². The summed E-state index contributed by atoms with van der Waals surface area (Å²) < 4.78 is 34.2. The van der Waals surface area contributed by atoms with E-state index in [1.807, 2.05) is 13.8 Å². The second-order valence-corrected chi connectivity index (χ2v) is 7.13. The molecule has 0 spiro atoms. The fourth-order valence-electron chi connectivity index (χ4n) is 2.74. The molecule has 2 heterocycles. The second-order valence-electron chi connectivity index (χ2n) is 5.19. The van der Waals surface area contributed by atoms with Crippen LogP contribution >= 0.6 is 0 Å². The molecule has 120 valence electrons. The number of hydrogen-bond acceptors (Lipinski definition) is 4. The Labute approximate surface area is 126 Å². The summed E-state index contributed by atoms with van der Waals surface area (Å²) in [5.41, 5.74) is 0.620. The predicted octanol–water partition coefficient (Wildman–Crippen LogP) is 1.19. The fraction of sp³-hybridized carbons (Fsp3) is 0.714. The van der Waals surface area contributed by atoms with Gasteiger partial charge in [-0.2, -0.15) is 4.31 Å². The number of aliphatic hydroxyl groups excluding tert-OH is 1. The molecule has 6 nitrogen and oxygen atoms in total. The van der Waals surface area contributed by atoms with Crippen LogP contribution in [0.15, 0.2) is 17.2 Å². The van der Waals surface area contributed by atoms with Gasteiger partial charge in [-0.1, -0.05) is 0 Å². The van der Waals surface area contributed by atoms with Crippen molar-refractivity contribution in [2.24, 2.45) is 0 Å². The van der Waals surface area contributed by atoms with Crippen LogP contribution in [0.5, 0.6) is 0 Å². The predicted molar refractivity (Wildman–Crippen MR) is 79.4 cm³/mol. The minimum Gasteiger partial charge on any atom is -0.390 e. The number of aliphatic hydroxyl groups is 1. The number of aromatic nitrogens is 1. The van der Waals surface area contributed by atoms with E-state index in [4.69, 9.17) is 4.74 Å². The fourth-order valence-corrected chi connectivity index (χ4v) is 4.31. The molecular weight excluding hydrogens is 292 g/mol. The van der Waals surface area contributed by atoms with Crippen LogP contribution in [0, 0.1) is 0 Å². The van der Waals surface area contributed by atoms with E-state index in [0.717, 1.165) is 12.8 Å². The molecule has 1 fully saturated rings. The van der Waals surface area contributed by atoms with Crippen molar-refractivity contribution in [2.75, 3.05) is 19.7 Å². The lowest BCUT2D eigenvalue weighted by Gasteiger charge is -2.31. The SMILES string of the molecule is CCOC1CCCN(S(=O)(=O)c2cc(CO)n(CC)c2)C1. The highest BCUT2D eigenvalue weighted by molar-refractivity contribution is 7.89. The molecule has 1 unspecified atom stereocenters. The lowest BCUT2D eigenvalue weighted by Crippen LogP contribution is -2.43. The Hall–Kier alpha value is -0.890. The van der Waals surface area contributed by atoms with Gasteiger partial charge in [-0.15, -0.1) is 0 Å². The van der Waals surface area contributed by atoms with Crippen LogP contribution in [-0.2, 0) is 27.9 Å². The van der Waals surface area contributed by atoms with Crippen molar-refractivity contribution < 1.29 is 18.3 Å². The number of ether oxygens (including phenoxy) is 1. The Bertz CT molecular complexity index is 544. The first kappa shape index (κ1) is 16.5. The molecule has 7 heteroatoms. The van der Waals surface area contributed by atoms with Gasteiger partial charge in [0.1, 0.15) is 4.90 Å². The molecule has 0 aromatic carbocycles. The molecule has 0 radical (unpaired) electrons. The van der Waals surface area contributed by atoms with Crippen molar-refractivity contribution in [1.29, 1.82) is 0 Å². The van der Waals surface area contributed by atoms with Crippen LogP contribution in [0.2, 0.25) is 0 Å². The topological polar surface area (TPSA) is 71.8 Å². The van der Waals surface area contributed by atoms with Crippen LogP contribution in [-0.4, -0.2) is 48.2 Å². The molecule has 0 bridgehead atoms. The van der Waals surface area contributed by atoms with Crippen molar-refractivity contribution in [2.45, 2.75) is 50.8 Å².